The molecule has 1 aromatic heterocycles. The lowest BCUT2D eigenvalue weighted by Crippen LogP contribution is -2.01. The molecule has 96 valence electrons. The van der Waals surface area contributed by atoms with E-state index in [9.17, 15) is 9.50 Å². The number of hydrogen-bond acceptors (Lipinski definition) is 3. The van der Waals surface area contributed by atoms with Gasteiger partial charge < -0.3 is 5.11 Å². The predicted octanol–water partition coefficient (Wildman–Crippen LogP) is 2.56. The van der Waals surface area contributed by atoms with Gasteiger partial charge in [0, 0.05) is 5.02 Å². The maximum absolute atomic E-state index is 13.1. The molecule has 1 unspecified atom stereocenters. The molecular weight excluding hydrogens is 257 g/mol. The molecule has 0 aliphatic carbocycles. The Morgan fingerprint density at radius 2 is 2.28 bits per heavy atom. The van der Waals surface area contributed by atoms with Gasteiger partial charge in [0.1, 0.15) is 11.5 Å². The topological polar surface area (TPSA) is 50.9 Å². The summed E-state index contributed by atoms with van der Waals surface area (Å²) >= 11 is 5.97. The second kappa shape index (κ2) is 5.46. The first-order chi connectivity index (χ1) is 8.60. The molecule has 2 rings (SSSR count). The quantitative estimate of drug-likeness (QED) is 0.928. The molecule has 0 spiro atoms. The van der Waals surface area contributed by atoms with Crippen molar-refractivity contribution in [1.29, 1.82) is 0 Å². The van der Waals surface area contributed by atoms with E-state index < -0.39 is 6.10 Å². The highest BCUT2D eigenvalue weighted by Crippen LogP contribution is 2.19. The first-order valence-electron chi connectivity index (χ1n) is 5.62. The summed E-state index contributed by atoms with van der Waals surface area (Å²) in [6, 6.07) is 4.17. The standard InChI is InChI=1S/C12H13ClFN3O/c1-2-12(18)11-7-17(16-15-11)6-8-5-9(14)3-4-10(8)13/h3-5,7,12,18H,2,6H2,1H3. The summed E-state index contributed by atoms with van der Waals surface area (Å²) in [6.07, 6.45) is 1.58. The lowest BCUT2D eigenvalue weighted by atomic mass is 10.2. The third-order valence-electron chi connectivity index (χ3n) is 2.62. The zero-order chi connectivity index (χ0) is 13.1. The van der Waals surface area contributed by atoms with Crippen LogP contribution in [0.1, 0.15) is 30.7 Å². The van der Waals surface area contributed by atoms with Gasteiger partial charge in [0.25, 0.3) is 0 Å². The second-order valence-electron chi connectivity index (χ2n) is 4.00. The van der Waals surface area contributed by atoms with Crippen LogP contribution in [-0.2, 0) is 6.54 Å². The molecule has 18 heavy (non-hydrogen) atoms. The van der Waals surface area contributed by atoms with E-state index in [1.54, 1.807) is 6.20 Å². The number of aliphatic hydroxyl groups excluding tert-OH is 1. The van der Waals surface area contributed by atoms with Gasteiger partial charge in [-0.2, -0.15) is 0 Å². The lowest BCUT2D eigenvalue weighted by Gasteiger charge is -2.04. The van der Waals surface area contributed by atoms with Gasteiger partial charge >= 0.3 is 0 Å². The Hall–Kier alpha value is -1.46. The average Bonchev–Trinajstić information content (AvgIpc) is 2.81. The molecule has 2 aromatic rings. The molecule has 1 aromatic carbocycles. The predicted molar refractivity (Wildman–Crippen MR) is 65.8 cm³/mol. The Morgan fingerprint density at radius 1 is 1.50 bits per heavy atom. The minimum absolute atomic E-state index is 0.319. The minimum atomic E-state index is -0.623. The van der Waals surface area contributed by atoms with E-state index in [4.69, 9.17) is 11.6 Å². The fourth-order valence-corrected chi connectivity index (χ4v) is 1.77. The van der Waals surface area contributed by atoms with Crippen LogP contribution >= 0.6 is 11.6 Å². The Bertz CT molecular complexity index is 544. The molecule has 1 heterocycles. The van der Waals surface area contributed by atoms with Crippen LogP contribution in [0.3, 0.4) is 0 Å². The maximum atomic E-state index is 13.1. The van der Waals surface area contributed by atoms with Crippen molar-refractivity contribution in [3.05, 3.63) is 46.5 Å². The normalized spacial score (nSPS) is 12.7. The zero-order valence-electron chi connectivity index (χ0n) is 9.85. The molecule has 1 atom stereocenters. The second-order valence-corrected chi connectivity index (χ2v) is 4.41. The number of nitrogens with zero attached hydrogens (tertiary/aromatic N) is 3. The molecule has 6 heteroatoms. The van der Waals surface area contributed by atoms with Crippen molar-refractivity contribution >= 4 is 11.6 Å². The first kappa shape index (κ1) is 13.0. The van der Waals surface area contributed by atoms with E-state index in [0.717, 1.165) is 0 Å². The van der Waals surface area contributed by atoms with Gasteiger partial charge in [-0.25, -0.2) is 9.07 Å². The molecule has 0 amide bonds. The van der Waals surface area contributed by atoms with Crippen molar-refractivity contribution in [2.45, 2.75) is 26.0 Å². The fourth-order valence-electron chi connectivity index (χ4n) is 1.59. The summed E-state index contributed by atoms with van der Waals surface area (Å²) in [5, 5.41) is 17.8. The van der Waals surface area contributed by atoms with Gasteiger partial charge in [-0.05, 0) is 30.2 Å². The van der Waals surface area contributed by atoms with E-state index in [0.29, 0.717) is 29.2 Å². The van der Waals surface area contributed by atoms with Crippen molar-refractivity contribution < 1.29 is 9.50 Å². The van der Waals surface area contributed by atoms with Crippen LogP contribution in [0.2, 0.25) is 5.02 Å². The van der Waals surface area contributed by atoms with Gasteiger partial charge in [-0.1, -0.05) is 23.7 Å². The van der Waals surface area contributed by atoms with E-state index in [-0.39, 0.29) is 5.82 Å². The smallest absolute Gasteiger partial charge is 0.123 e. The summed E-state index contributed by atoms with van der Waals surface area (Å²) in [7, 11) is 0. The molecule has 0 fully saturated rings. The third-order valence-corrected chi connectivity index (χ3v) is 2.99. The average molecular weight is 270 g/mol. The zero-order valence-corrected chi connectivity index (χ0v) is 10.6. The fraction of sp³-hybridized carbons (Fsp3) is 0.333. The van der Waals surface area contributed by atoms with Gasteiger partial charge in [-0.3, -0.25) is 0 Å². The SMILES string of the molecule is CCC(O)c1cn(Cc2cc(F)ccc2Cl)nn1. The molecule has 0 bridgehead atoms. The summed E-state index contributed by atoms with van der Waals surface area (Å²) in [4.78, 5) is 0. The Balaban J connectivity index is 2.18. The maximum Gasteiger partial charge on any atom is 0.123 e. The number of hydrogen-bond donors (Lipinski definition) is 1. The van der Waals surface area contributed by atoms with Crippen molar-refractivity contribution in [1.82, 2.24) is 15.0 Å². The summed E-state index contributed by atoms with van der Waals surface area (Å²) in [5.41, 5.74) is 1.13. The van der Waals surface area contributed by atoms with Crippen LogP contribution in [0.4, 0.5) is 4.39 Å². The van der Waals surface area contributed by atoms with Crippen molar-refractivity contribution in [2.75, 3.05) is 0 Å². The van der Waals surface area contributed by atoms with Crippen LogP contribution in [-0.4, -0.2) is 20.1 Å². The molecule has 0 aliphatic heterocycles. The van der Waals surface area contributed by atoms with E-state index in [2.05, 4.69) is 10.3 Å². The van der Waals surface area contributed by atoms with E-state index in [1.165, 1.54) is 22.9 Å². The van der Waals surface area contributed by atoms with Crippen molar-refractivity contribution in [3.8, 4) is 0 Å². The van der Waals surface area contributed by atoms with Gasteiger partial charge in [-0.15, -0.1) is 5.10 Å². The molecule has 4 nitrogen and oxygen atoms in total. The van der Waals surface area contributed by atoms with Crippen molar-refractivity contribution in [2.24, 2.45) is 0 Å². The van der Waals surface area contributed by atoms with Crippen LogP contribution in [0.25, 0.3) is 0 Å². The van der Waals surface area contributed by atoms with Gasteiger partial charge in [0.2, 0.25) is 0 Å². The Kier molecular flexibility index (Phi) is 3.93. The first-order valence-corrected chi connectivity index (χ1v) is 6.00. The molecule has 0 aliphatic rings. The molecule has 1 N–H and O–H groups in total. The monoisotopic (exact) mass is 269 g/mol. The molecular formula is C12H13ClFN3O. The Morgan fingerprint density at radius 3 is 3.00 bits per heavy atom. The molecule has 0 saturated carbocycles. The third kappa shape index (κ3) is 2.86. The van der Waals surface area contributed by atoms with Crippen LogP contribution in [0.5, 0.6) is 0 Å². The highest BCUT2D eigenvalue weighted by Gasteiger charge is 2.10. The van der Waals surface area contributed by atoms with Gasteiger partial charge in [0.05, 0.1) is 18.8 Å². The van der Waals surface area contributed by atoms with Crippen LogP contribution in [0, 0.1) is 5.82 Å². The van der Waals surface area contributed by atoms with Crippen molar-refractivity contribution in [3.63, 3.8) is 0 Å². The lowest BCUT2D eigenvalue weighted by molar-refractivity contribution is 0.168. The molecule has 0 saturated heterocycles. The summed E-state index contributed by atoms with van der Waals surface area (Å²) in [6.45, 7) is 2.17. The summed E-state index contributed by atoms with van der Waals surface area (Å²) in [5.74, 6) is -0.344. The van der Waals surface area contributed by atoms with Crippen LogP contribution < -0.4 is 0 Å². The van der Waals surface area contributed by atoms with Gasteiger partial charge in [0.15, 0.2) is 0 Å². The van der Waals surface area contributed by atoms with E-state index in [1.807, 2.05) is 6.92 Å². The number of halogens is 2. The number of benzene rings is 1. The highest BCUT2D eigenvalue weighted by atomic mass is 35.5. The minimum Gasteiger partial charge on any atom is -0.387 e. The highest BCUT2D eigenvalue weighted by molar-refractivity contribution is 6.31. The largest absolute Gasteiger partial charge is 0.387 e. The van der Waals surface area contributed by atoms with E-state index >= 15 is 0 Å². The number of aromatic nitrogens is 3. The van der Waals surface area contributed by atoms with Crippen LogP contribution in [0.15, 0.2) is 24.4 Å². The molecule has 0 radical (unpaired) electrons. The Labute approximate surface area is 109 Å². The number of aliphatic hydroxyl groups is 1. The number of rotatable bonds is 4. The summed E-state index contributed by atoms with van der Waals surface area (Å²) < 4.78 is 14.6.